The van der Waals surface area contributed by atoms with Crippen molar-refractivity contribution >= 4 is 5.69 Å². The van der Waals surface area contributed by atoms with Crippen molar-refractivity contribution in [1.29, 1.82) is 0 Å². The summed E-state index contributed by atoms with van der Waals surface area (Å²) in [5.41, 5.74) is 0.709. The fraction of sp³-hybridized carbons (Fsp3) is 0.571. The average molecular weight is 269 g/mol. The van der Waals surface area contributed by atoms with Crippen LogP contribution in [0.1, 0.15) is 6.92 Å². The van der Waals surface area contributed by atoms with Gasteiger partial charge in [-0.05, 0) is 19.1 Å². The molecular formula is C14H21F2N3. The van der Waals surface area contributed by atoms with Crippen LogP contribution in [-0.4, -0.2) is 50.7 Å². The van der Waals surface area contributed by atoms with E-state index >= 15 is 0 Å². The summed E-state index contributed by atoms with van der Waals surface area (Å²) in [6.45, 7) is 7.06. The Morgan fingerprint density at radius 3 is 2.58 bits per heavy atom. The molecule has 106 valence electrons. The van der Waals surface area contributed by atoms with Gasteiger partial charge in [-0.2, -0.15) is 0 Å². The van der Waals surface area contributed by atoms with Gasteiger partial charge in [0.2, 0.25) is 0 Å². The quantitative estimate of drug-likeness (QED) is 0.897. The third kappa shape index (κ3) is 3.64. The van der Waals surface area contributed by atoms with Crippen molar-refractivity contribution in [1.82, 2.24) is 10.2 Å². The maximum absolute atomic E-state index is 13.2. The van der Waals surface area contributed by atoms with Gasteiger partial charge in [0, 0.05) is 57.6 Å². The second-order valence-corrected chi connectivity index (χ2v) is 5.11. The number of hydrogen-bond acceptors (Lipinski definition) is 3. The number of anilines is 1. The zero-order valence-corrected chi connectivity index (χ0v) is 11.5. The van der Waals surface area contributed by atoms with Crippen LogP contribution in [0.25, 0.3) is 0 Å². The molecule has 0 aromatic heterocycles. The molecule has 19 heavy (non-hydrogen) atoms. The Morgan fingerprint density at radius 1 is 1.26 bits per heavy atom. The van der Waals surface area contributed by atoms with Crippen LogP contribution in [0.2, 0.25) is 0 Å². The minimum atomic E-state index is -0.799. The molecule has 1 unspecified atom stereocenters. The summed E-state index contributed by atoms with van der Waals surface area (Å²) in [6.07, 6.45) is 0. The van der Waals surface area contributed by atoms with Crippen molar-refractivity contribution in [2.75, 3.05) is 44.7 Å². The standard InChI is InChI=1S/C14H21F2N3/c1-11(19-7-5-17-6-8-19)10-18(2)12-3-4-13(15)14(16)9-12/h3-4,9,11,17H,5-8,10H2,1-2H3. The molecule has 0 aliphatic carbocycles. The highest BCUT2D eigenvalue weighted by Gasteiger charge is 2.18. The fourth-order valence-electron chi connectivity index (χ4n) is 2.46. The van der Waals surface area contributed by atoms with E-state index in [1.165, 1.54) is 12.1 Å². The van der Waals surface area contributed by atoms with E-state index in [2.05, 4.69) is 17.1 Å². The van der Waals surface area contributed by atoms with Gasteiger partial charge in [-0.1, -0.05) is 0 Å². The summed E-state index contributed by atoms with van der Waals surface area (Å²) in [6, 6.07) is 4.43. The van der Waals surface area contributed by atoms with Gasteiger partial charge in [0.05, 0.1) is 0 Å². The fourth-order valence-corrected chi connectivity index (χ4v) is 2.46. The van der Waals surface area contributed by atoms with E-state index in [1.807, 2.05) is 11.9 Å². The molecule has 0 spiro atoms. The molecular weight excluding hydrogens is 248 g/mol. The van der Waals surface area contributed by atoms with Gasteiger partial charge in [0.1, 0.15) is 0 Å². The minimum Gasteiger partial charge on any atom is -0.373 e. The lowest BCUT2D eigenvalue weighted by atomic mass is 10.2. The lowest BCUT2D eigenvalue weighted by Gasteiger charge is -2.35. The Morgan fingerprint density at radius 2 is 1.95 bits per heavy atom. The van der Waals surface area contributed by atoms with Crippen molar-refractivity contribution in [3.05, 3.63) is 29.8 Å². The lowest BCUT2D eigenvalue weighted by molar-refractivity contribution is 0.187. The highest BCUT2D eigenvalue weighted by Crippen LogP contribution is 2.17. The normalized spacial score (nSPS) is 18.3. The molecule has 1 aromatic rings. The summed E-state index contributed by atoms with van der Waals surface area (Å²) in [7, 11) is 1.91. The van der Waals surface area contributed by atoms with Crippen LogP contribution < -0.4 is 10.2 Å². The van der Waals surface area contributed by atoms with Crippen LogP contribution in [0.3, 0.4) is 0 Å². The lowest BCUT2D eigenvalue weighted by Crippen LogP contribution is -2.50. The highest BCUT2D eigenvalue weighted by atomic mass is 19.2. The minimum absolute atomic E-state index is 0.389. The molecule has 1 heterocycles. The first-order chi connectivity index (χ1) is 9.08. The largest absolute Gasteiger partial charge is 0.373 e. The molecule has 2 rings (SSSR count). The zero-order valence-electron chi connectivity index (χ0n) is 11.5. The van der Waals surface area contributed by atoms with E-state index < -0.39 is 11.6 Å². The van der Waals surface area contributed by atoms with Gasteiger partial charge >= 0.3 is 0 Å². The van der Waals surface area contributed by atoms with E-state index in [1.54, 1.807) is 6.07 Å². The molecule has 1 fully saturated rings. The molecule has 0 bridgehead atoms. The number of halogens is 2. The predicted molar refractivity (Wildman–Crippen MR) is 73.5 cm³/mol. The molecule has 1 aliphatic rings. The van der Waals surface area contributed by atoms with Crippen molar-refractivity contribution in [2.45, 2.75) is 13.0 Å². The molecule has 1 aliphatic heterocycles. The summed E-state index contributed by atoms with van der Waals surface area (Å²) >= 11 is 0. The molecule has 3 nitrogen and oxygen atoms in total. The summed E-state index contributed by atoms with van der Waals surface area (Å²) in [5.74, 6) is -1.59. The summed E-state index contributed by atoms with van der Waals surface area (Å²) in [5, 5.41) is 3.32. The van der Waals surface area contributed by atoms with E-state index in [-0.39, 0.29) is 0 Å². The third-order valence-electron chi connectivity index (χ3n) is 3.66. The average Bonchev–Trinajstić information content (AvgIpc) is 2.42. The van der Waals surface area contributed by atoms with Crippen molar-refractivity contribution in [3.63, 3.8) is 0 Å². The monoisotopic (exact) mass is 269 g/mol. The maximum Gasteiger partial charge on any atom is 0.160 e. The van der Waals surface area contributed by atoms with Crippen LogP contribution in [-0.2, 0) is 0 Å². The molecule has 0 radical (unpaired) electrons. The van der Waals surface area contributed by atoms with Crippen molar-refractivity contribution < 1.29 is 8.78 Å². The molecule has 1 saturated heterocycles. The van der Waals surface area contributed by atoms with Crippen molar-refractivity contribution in [2.24, 2.45) is 0 Å². The number of nitrogens with one attached hydrogen (secondary N) is 1. The maximum atomic E-state index is 13.2. The Labute approximate surface area is 113 Å². The number of nitrogens with zero attached hydrogens (tertiary/aromatic N) is 2. The van der Waals surface area contributed by atoms with Crippen LogP contribution in [0.5, 0.6) is 0 Å². The summed E-state index contributed by atoms with van der Waals surface area (Å²) < 4.78 is 26.1. The first-order valence-corrected chi connectivity index (χ1v) is 6.69. The molecule has 0 amide bonds. The van der Waals surface area contributed by atoms with Gasteiger partial charge in [-0.15, -0.1) is 0 Å². The number of likely N-dealkylation sites (N-methyl/N-ethyl adjacent to an activating group) is 1. The number of hydrogen-bond donors (Lipinski definition) is 1. The predicted octanol–water partition coefficient (Wildman–Crippen LogP) is 1.69. The van der Waals surface area contributed by atoms with Gasteiger partial charge in [-0.25, -0.2) is 8.78 Å². The molecule has 1 aromatic carbocycles. The van der Waals surface area contributed by atoms with Crippen LogP contribution >= 0.6 is 0 Å². The first-order valence-electron chi connectivity index (χ1n) is 6.69. The SMILES string of the molecule is CC(CN(C)c1ccc(F)c(F)c1)N1CCNCC1. The first kappa shape index (κ1) is 14.2. The second-order valence-electron chi connectivity index (χ2n) is 5.11. The van der Waals surface area contributed by atoms with Gasteiger partial charge in [0.15, 0.2) is 11.6 Å². The van der Waals surface area contributed by atoms with E-state index in [4.69, 9.17) is 0 Å². The van der Waals surface area contributed by atoms with Crippen molar-refractivity contribution in [3.8, 4) is 0 Å². The number of benzene rings is 1. The smallest absolute Gasteiger partial charge is 0.160 e. The van der Waals surface area contributed by atoms with E-state index in [0.29, 0.717) is 11.7 Å². The number of rotatable bonds is 4. The Kier molecular flexibility index (Phi) is 4.71. The summed E-state index contributed by atoms with van der Waals surface area (Å²) in [4.78, 5) is 4.38. The van der Waals surface area contributed by atoms with Crippen LogP contribution in [0, 0.1) is 11.6 Å². The molecule has 5 heteroatoms. The van der Waals surface area contributed by atoms with E-state index in [9.17, 15) is 8.78 Å². The van der Waals surface area contributed by atoms with Gasteiger partial charge in [0.25, 0.3) is 0 Å². The topological polar surface area (TPSA) is 18.5 Å². The zero-order chi connectivity index (χ0) is 13.8. The Balaban J connectivity index is 1.95. The number of piperazine rings is 1. The van der Waals surface area contributed by atoms with Crippen LogP contribution in [0.4, 0.5) is 14.5 Å². The third-order valence-corrected chi connectivity index (χ3v) is 3.66. The molecule has 1 N–H and O–H groups in total. The van der Waals surface area contributed by atoms with Crippen LogP contribution in [0.15, 0.2) is 18.2 Å². The van der Waals surface area contributed by atoms with Gasteiger partial charge in [-0.3, -0.25) is 4.90 Å². The second kappa shape index (κ2) is 6.30. The van der Waals surface area contributed by atoms with Gasteiger partial charge < -0.3 is 10.2 Å². The molecule has 1 atom stereocenters. The Hall–Kier alpha value is -1.20. The highest BCUT2D eigenvalue weighted by molar-refractivity contribution is 5.46. The van der Waals surface area contributed by atoms with E-state index in [0.717, 1.165) is 32.7 Å². The Bertz CT molecular complexity index is 419. The molecule has 0 saturated carbocycles.